The molecule has 5 nitrogen and oxygen atoms in total. The van der Waals surface area contributed by atoms with E-state index in [1.807, 2.05) is 32.1 Å². The number of aliphatic hydroxyl groups excluding tert-OH is 1. The molecule has 27 heavy (non-hydrogen) atoms. The Morgan fingerprint density at radius 3 is 2.37 bits per heavy atom. The van der Waals surface area contributed by atoms with Gasteiger partial charge in [-0.1, -0.05) is 23.8 Å². The molecule has 0 spiro atoms. The van der Waals surface area contributed by atoms with Crippen molar-refractivity contribution in [1.82, 2.24) is 4.31 Å². The summed E-state index contributed by atoms with van der Waals surface area (Å²) < 4.78 is 28.9. The molecular weight excluding hydrogens is 360 g/mol. The smallest absolute Gasteiger partial charge is 0.265 e. The minimum absolute atomic E-state index is 0.0566. The molecule has 6 heteroatoms. The lowest BCUT2D eigenvalue weighted by Gasteiger charge is -2.49. The summed E-state index contributed by atoms with van der Waals surface area (Å²) in [5, 5.41) is 10.4. The van der Waals surface area contributed by atoms with Crippen LogP contribution < -0.4 is 0 Å². The number of aliphatic hydroxyl groups is 1. The quantitative estimate of drug-likeness (QED) is 0.808. The maximum absolute atomic E-state index is 13.6. The van der Waals surface area contributed by atoms with Gasteiger partial charge in [-0.05, 0) is 64.7 Å². The highest BCUT2D eigenvalue weighted by Gasteiger charge is 2.52. The SMILES string of the molecule is CC1=C[C@H]2[C@@H](C[C@H]1O)C(C)(C)N=C(C1CC1)N2S(=O)(=O)c1ccc(C)cc1. The summed E-state index contributed by atoms with van der Waals surface area (Å²) in [6, 6.07) is 6.72. The summed E-state index contributed by atoms with van der Waals surface area (Å²) in [5.41, 5.74) is 1.47. The minimum Gasteiger partial charge on any atom is -0.389 e. The van der Waals surface area contributed by atoms with Crippen molar-refractivity contribution >= 4 is 15.9 Å². The lowest BCUT2D eigenvalue weighted by molar-refractivity contribution is 0.105. The molecule has 0 aromatic heterocycles. The fraction of sp³-hybridized carbons (Fsp3) is 0.571. The Balaban J connectivity index is 1.88. The van der Waals surface area contributed by atoms with Crippen LogP contribution in [0, 0.1) is 18.8 Å². The van der Waals surface area contributed by atoms with Gasteiger partial charge in [-0.15, -0.1) is 0 Å². The molecule has 0 saturated heterocycles. The van der Waals surface area contributed by atoms with E-state index in [0.717, 1.165) is 24.0 Å². The van der Waals surface area contributed by atoms with Crippen molar-refractivity contribution in [3.05, 3.63) is 41.5 Å². The lowest BCUT2D eigenvalue weighted by atomic mass is 9.72. The van der Waals surface area contributed by atoms with Gasteiger partial charge in [-0.3, -0.25) is 4.99 Å². The number of nitrogens with zero attached hydrogens (tertiary/aromatic N) is 2. The van der Waals surface area contributed by atoms with E-state index < -0.39 is 21.7 Å². The first-order chi connectivity index (χ1) is 12.6. The molecule has 0 amide bonds. The van der Waals surface area contributed by atoms with E-state index in [2.05, 4.69) is 13.8 Å². The summed E-state index contributed by atoms with van der Waals surface area (Å²) in [6.45, 7) is 7.95. The van der Waals surface area contributed by atoms with Crippen LogP contribution in [0.2, 0.25) is 0 Å². The van der Waals surface area contributed by atoms with Gasteiger partial charge in [-0.25, -0.2) is 12.7 Å². The van der Waals surface area contributed by atoms with Crippen LogP contribution in [0.25, 0.3) is 0 Å². The molecule has 1 aromatic carbocycles. The van der Waals surface area contributed by atoms with Crippen molar-refractivity contribution in [2.75, 3.05) is 0 Å². The third kappa shape index (κ3) is 3.13. The number of rotatable bonds is 3. The number of sulfonamides is 1. The van der Waals surface area contributed by atoms with Crippen LogP contribution in [0.5, 0.6) is 0 Å². The number of aliphatic imine (C=N–C) groups is 1. The molecule has 0 radical (unpaired) electrons. The van der Waals surface area contributed by atoms with E-state index in [1.165, 1.54) is 0 Å². The zero-order chi connectivity index (χ0) is 19.6. The maximum atomic E-state index is 13.6. The minimum atomic E-state index is -3.72. The van der Waals surface area contributed by atoms with E-state index in [-0.39, 0.29) is 17.9 Å². The Morgan fingerprint density at radius 2 is 1.78 bits per heavy atom. The van der Waals surface area contributed by atoms with Gasteiger partial charge in [0, 0.05) is 11.8 Å². The average molecular weight is 389 g/mol. The maximum Gasteiger partial charge on any atom is 0.265 e. The van der Waals surface area contributed by atoms with Crippen LogP contribution in [0.3, 0.4) is 0 Å². The molecular formula is C21H28N2O3S. The summed E-state index contributed by atoms with van der Waals surface area (Å²) >= 11 is 0. The molecule has 0 unspecified atom stereocenters. The zero-order valence-electron chi connectivity index (χ0n) is 16.4. The van der Waals surface area contributed by atoms with E-state index in [9.17, 15) is 13.5 Å². The fourth-order valence-electron chi connectivity index (χ4n) is 4.30. The van der Waals surface area contributed by atoms with Crippen LogP contribution in [0.1, 0.15) is 45.6 Å². The first kappa shape index (κ1) is 18.7. The van der Waals surface area contributed by atoms with Crippen LogP contribution in [0.15, 0.2) is 45.8 Å². The molecule has 1 saturated carbocycles. The number of fused-ring (bicyclic) bond motifs is 1. The highest BCUT2D eigenvalue weighted by atomic mass is 32.2. The van der Waals surface area contributed by atoms with Gasteiger partial charge in [0.25, 0.3) is 10.0 Å². The largest absolute Gasteiger partial charge is 0.389 e. The Morgan fingerprint density at radius 1 is 1.15 bits per heavy atom. The number of hydrogen-bond acceptors (Lipinski definition) is 4. The number of amidine groups is 1. The van der Waals surface area contributed by atoms with E-state index in [4.69, 9.17) is 4.99 Å². The molecule has 3 aliphatic rings. The molecule has 4 rings (SSSR count). The topological polar surface area (TPSA) is 70.0 Å². The first-order valence-electron chi connectivity index (χ1n) is 9.68. The fourth-order valence-corrected chi connectivity index (χ4v) is 5.97. The standard InChI is InChI=1S/C21H28N2O3S/c1-13-5-9-16(10-6-13)27(25,26)23-18-11-14(2)19(24)12-17(18)21(3,4)22-20(23)15-7-8-15/h5-6,9-11,15,17-19,24H,7-8,12H2,1-4H3/t17-,18+,19-/m1/s1. The molecule has 1 heterocycles. The van der Waals surface area contributed by atoms with E-state index in [0.29, 0.717) is 17.2 Å². The second-order valence-corrected chi connectivity index (χ2v) is 10.6. The third-order valence-corrected chi connectivity index (χ3v) is 7.99. The third-order valence-electron chi connectivity index (χ3n) is 6.18. The second kappa shape index (κ2) is 6.17. The molecule has 1 fully saturated rings. The number of aryl methyl sites for hydroxylation is 1. The normalized spacial score (nSPS) is 30.4. The van der Waals surface area contributed by atoms with Crippen molar-refractivity contribution in [3.8, 4) is 0 Å². The van der Waals surface area contributed by atoms with Gasteiger partial charge in [0.15, 0.2) is 0 Å². The molecule has 1 aromatic rings. The molecule has 146 valence electrons. The van der Waals surface area contributed by atoms with Crippen molar-refractivity contribution in [2.24, 2.45) is 16.8 Å². The van der Waals surface area contributed by atoms with Gasteiger partial charge in [0.1, 0.15) is 5.84 Å². The lowest BCUT2D eigenvalue weighted by Crippen LogP contribution is -2.59. The summed E-state index contributed by atoms with van der Waals surface area (Å²) in [5.74, 6) is 0.854. The first-order valence-corrected chi connectivity index (χ1v) is 11.1. The number of benzene rings is 1. The molecule has 3 atom stereocenters. The summed E-state index contributed by atoms with van der Waals surface area (Å²) in [7, 11) is -3.72. The predicted octanol–water partition coefficient (Wildman–Crippen LogP) is 3.28. The van der Waals surface area contributed by atoms with Crippen LogP contribution >= 0.6 is 0 Å². The number of hydrogen-bond donors (Lipinski definition) is 1. The Kier molecular flexibility index (Phi) is 4.27. The van der Waals surface area contributed by atoms with Crippen molar-refractivity contribution in [3.63, 3.8) is 0 Å². The second-order valence-electron chi connectivity index (χ2n) is 8.77. The van der Waals surface area contributed by atoms with Crippen molar-refractivity contribution in [2.45, 2.75) is 69.5 Å². The van der Waals surface area contributed by atoms with Gasteiger partial charge in [0.2, 0.25) is 0 Å². The van der Waals surface area contributed by atoms with Gasteiger partial charge >= 0.3 is 0 Å². The molecule has 2 aliphatic carbocycles. The van der Waals surface area contributed by atoms with Gasteiger partial charge in [0.05, 0.1) is 22.6 Å². The molecule has 1 N–H and O–H groups in total. The van der Waals surface area contributed by atoms with Crippen molar-refractivity contribution in [1.29, 1.82) is 0 Å². The monoisotopic (exact) mass is 388 g/mol. The highest BCUT2D eigenvalue weighted by Crippen LogP contribution is 2.46. The Bertz CT molecular complexity index is 911. The van der Waals surface area contributed by atoms with E-state index in [1.54, 1.807) is 16.4 Å². The summed E-state index contributed by atoms with van der Waals surface area (Å²) in [6.07, 6.45) is 3.91. The van der Waals surface area contributed by atoms with Crippen molar-refractivity contribution < 1.29 is 13.5 Å². The molecule has 1 aliphatic heterocycles. The van der Waals surface area contributed by atoms with Crippen LogP contribution in [-0.4, -0.2) is 41.3 Å². The summed E-state index contributed by atoms with van der Waals surface area (Å²) in [4.78, 5) is 5.24. The van der Waals surface area contributed by atoms with Gasteiger partial charge in [-0.2, -0.15) is 0 Å². The Labute approximate surface area is 161 Å². The Hall–Kier alpha value is -1.66. The van der Waals surface area contributed by atoms with Crippen LogP contribution in [-0.2, 0) is 10.0 Å². The van der Waals surface area contributed by atoms with E-state index >= 15 is 0 Å². The molecule has 0 bridgehead atoms. The predicted molar refractivity (Wildman–Crippen MR) is 106 cm³/mol. The van der Waals surface area contributed by atoms with Crippen LogP contribution in [0.4, 0.5) is 0 Å². The van der Waals surface area contributed by atoms with Gasteiger partial charge < -0.3 is 5.11 Å². The highest BCUT2D eigenvalue weighted by molar-refractivity contribution is 7.89. The zero-order valence-corrected chi connectivity index (χ0v) is 17.2. The average Bonchev–Trinajstić information content (AvgIpc) is 3.41.